The van der Waals surface area contributed by atoms with Gasteiger partial charge in [-0.15, -0.1) is 0 Å². The topological polar surface area (TPSA) is 75.4 Å². The van der Waals surface area contributed by atoms with Crippen LogP contribution in [0.1, 0.15) is 37.8 Å². The third-order valence-electron chi connectivity index (χ3n) is 6.09. The molecule has 2 unspecified atom stereocenters. The van der Waals surface area contributed by atoms with Crippen molar-refractivity contribution in [2.75, 3.05) is 13.2 Å². The molecular weight excluding hydrogens is 464 g/mol. The van der Waals surface area contributed by atoms with Crippen molar-refractivity contribution >= 4 is 6.08 Å². The Morgan fingerprint density at radius 1 is 1.14 bits per heavy atom. The van der Waals surface area contributed by atoms with E-state index in [9.17, 15) is 13.9 Å². The standard InChI is InChI=1S/C27H31F2N5O2/c1-3-5-6-20-7-10-23(11-8-20)36-15-21-14-33(32-26(21)4-2)16-27(35,17-34-19-30-18-31-34)24-12-9-22(28)13-25(24)29/h5-14,18-19,26,32,35H,3-4,15-17H2,1-2H3. The normalized spacial score (nSPS) is 17.4. The van der Waals surface area contributed by atoms with Gasteiger partial charge in [0, 0.05) is 23.4 Å². The first-order valence-electron chi connectivity index (χ1n) is 12.0. The Kier molecular flexibility index (Phi) is 8.12. The third-order valence-corrected chi connectivity index (χ3v) is 6.09. The van der Waals surface area contributed by atoms with Gasteiger partial charge in [-0.05, 0) is 36.6 Å². The molecule has 0 fully saturated rings. The molecule has 36 heavy (non-hydrogen) atoms. The van der Waals surface area contributed by atoms with E-state index in [4.69, 9.17) is 4.74 Å². The number of hydrazine groups is 1. The quantitative estimate of drug-likeness (QED) is 0.410. The maximum atomic E-state index is 14.7. The molecule has 7 nitrogen and oxygen atoms in total. The number of β-amino-alcohol motifs (C(OH)–C–C–N with tert-alkyl or cyclic N) is 1. The van der Waals surface area contributed by atoms with Crippen LogP contribution in [0.25, 0.3) is 6.08 Å². The number of halogens is 2. The second-order valence-electron chi connectivity index (χ2n) is 8.84. The first-order chi connectivity index (χ1) is 17.4. The highest BCUT2D eigenvalue weighted by atomic mass is 19.1. The highest BCUT2D eigenvalue weighted by molar-refractivity contribution is 5.50. The lowest BCUT2D eigenvalue weighted by atomic mass is 9.92. The van der Waals surface area contributed by atoms with Crippen molar-refractivity contribution in [1.29, 1.82) is 0 Å². The Morgan fingerprint density at radius 3 is 2.61 bits per heavy atom. The summed E-state index contributed by atoms with van der Waals surface area (Å²) in [5.41, 5.74) is 3.71. The number of aliphatic hydroxyl groups is 1. The van der Waals surface area contributed by atoms with Gasteiger partial charge in [-0.25, -0.2) is 23.9 Å². The Morgan fingerprint density at radius 2 is 1.94 bits per heavy atom. The Balaban J connectivity index is 1.50. The summed E-state index contributed by atoms with van der Waals surface area (Å²) in [5, 5.41) is 17.4. The van der Waals surface area contributed by atoms with Crippen LogP contribution in [0.2, 0.25) is 0 Å². The second-order valence-corrected chi connectivity index (χ2v) is 8.84. The first-order valence-corrected chi connectivity index (χ1v) is 12.0. The lowest BCUT2D eigenvalue weighted by Gasteiger charge is -2.33. The number of rotatable bonds is 11. The summed E-state index contributed by atoms with van der Waals surface area (Å²) in [4.78, 5) is 3.90. The van der Waals surface area contributed by atoms with Gasteiger partial charge in [-0.3, -0.25) is 0 Å². The Hall–Kier alpha value is -3.56. The molecule has 1 aromatic heterocycles. The second kappa shape index (κ2) is 11.5. The van der Waals surface area contributed by atoms with Crippen LogP contribution in [0.15, 0.2) is 73.0 Å². The van der Waals surface area contributed by atoms with Crippen LogP contribution in [0.5, 0.6) is 5.75 Å². The molecule has 0 radical (unpaired) electrons. The average Bonchev–Trinajstić information content (AvgIpc) is 3.51. The molecule has 0 saturated carbocycles. The molecule has 4 rings (SSSR count). The summed E-state index contributed by atoms with van der Waals surface area (Å²) < 4.78 is 35.8. The molecule has 3 aromatic rings. The van der Waals surface area contributed by atoms with Gasteiger partial charge >= 0.3 is 0 Å². The monoisotopic (exact) mass is 495 g/mol. The van der Waals surface area contributed by atoms with Gasteiger partial charge in [-0.1, -0.05) is 44.2 Å². The predicted octanol–water partition coefficient (Wildman–Crippen LogP) is 4.43. The minimum atomic E-state index is -1.72. The molecule has 2 N–H and O–H groups in total. The van der Waals surface area contributed by atoms with E-state index in [1.807, 2.05) is 37.4 Å². The molecule has 9 heteroatoms. The average molecular weight is 496 g/mol. The van der Waals surface area contributed by atoms with Gasteiger partial charge in [-0.2, -0.15) is 5.10 Å². The fourth-order valence-corrected chi connectivity index (χ4v) is 4.24. The van der Waals surface area contributed by atoms with Gasteiger partial charge in [0.05, 0.1) is 19.1 Å². The van der Waals surface area contributed by atoms with Crippen LogP contribution in [-0.4, -0.2) is 44.1 Å². The summed E-state index contributed by atoms with van der Waals surface area (Å²) in [6.45, 7) is 4.43. The smallest absolute Gasteiger partial charge is 0.137 e. The van der Waals surface area contributed by atoms with E-state index >= 15 is 0 Å². The zero-order chi connectivity index (χ0) is 25.5. The van der Waals surface area contributed by atoms with Crippen LogP contribution >= 0.6 is 0 Å². The van der Waals surface area contributed by atoms with Crippen molar-refractivity contribution in [1.82, 2.24) is 25.2 Å². The Bertz CT molecular complexity index is 1200. The van der Waals surface area contributed by atoms with Crippen molar-refractivity contribution in [2.45, 2.75) is 44.9 Å². The molecule has 0 saturated heterocycles. The van der Waals surface area contributed by atoms with E-state index in [0.717, 1.165) is 41.9 Å². The molecular formula is C27H31F2N5O2. The SMILES string of the molecule is CCC=Cc1ccc(OCC2=CN(CC(O)(Cn3cncn3)c3ccc(F)cc3F)NC2CC)cc1. The van der Waals surface area contributed by atoms with Crippen LogP contribution < -0.4 is 10.2 Å². The molecule has 2 heterocycles. The summed E-state index contributed by atoms with van der Waals surface area (Å²) in [6.07, 6.45) is 10.6. The lowest BCUT2D eigenvalue weighted by molar-refractivity contribution is -0.0204. The molecule has 1 aliphatic rings. The fourth-order valence-electron chi connectivity index (χ4n) is 4.24. The Labute approximate surface area is 209 Å². The van der Waals surface area contributed by atoms with Crippen molar-refractivity contribution in [3.8, 4) is 5.75 Å². The van der Waals surface area contributed by atoms with Gasteiger partial charge in [0.15, 0.2) is 0 Å². The molecule has 2 aromatic carbocycles. The largest absolute Gasteiger partial charge is 0.489 e. The third kappa shape index (κ3) is 6.16. The number of benzene rings is 2. The van der Waals surface area contributed by atoms with E-state index < -0.39 is 17.2 Å². The summed E-state index contributed by atoms with van der Waals surface area (Å²) in [6, 6.07) is 11.0. The van der Waals surface area contributed by atoms with E-state index in [1.54, 1.807) is 5.01 Å². The molecule has 0 aliphatic carbocycles. The van der Waals surface area contributed by atoms with Crippen LogP contribution in [0.3, 0.4) is 0 Å². The zero-order valence-electron chi connectivity index (χ0n) is 20.4. The van der Waals surface area contributed by atoms with Crippen molar-refractivity contribution in [3.05, 3.63) is 95.7 Å². The highest BCUT2D eigenvalue weighted by Crippen LogP contribution is 2.29. The van der Waals surface area contributed by atoms with E-state index in [-0.39, 0.29) is 24.7 Å². The highest BCUT2D eigenvalue weighted by Gasteiger charge is 2.37. The van der Waals surface area contributed by atoms with Gasteiger partial charge in [0.25, 0.3) is 0 Å². The first kappa shape index (κ1) is 25.5. The van der Waals surface area contributed by atoms with Crippen molar-refractivity contribution < 1.29 is 18.6 Å². The molecule has 0 spiro atoms. The maximum Gasteiger partial charge on any atom is 0.137 e. The molecule has 0 amide bonds. The summed E-state index contributed by atoms with van der Waals surface area (Å²) in [5.74, 6) is -0.777. The summed E-state index contributed by atoms with van der Waals surface area (Å²) in [7, 11) is 0. The van der Waals surface area contributed by atoms with Crippen LogP contribution in [0.4, 0.5) is 8.78 Å². The minimum Gasteiger partial charge on any atom is -0.489 e. The van der Waals surface area contributed by atoms with Crippen LogP contribution in [-0.2, 0) is 12.1 Å². The van der Waals surface area contributed by atoms with Gasteiger partial charge in [0.2, 0.25) is 0 Å². The number of allylic oxidation sites excluding steroid dienone is 1. The van der Waals surface area contributed by atoms with Gasteiger partial charge in [0.1, 0.15) is 42.2 Å². The molecule has 2 atom stereocenters. The number of ether oxygens (including phenoxy) is 1. The van der Waals surface area contributed by atoms with Gasteiger partial charge < -0.3 is 14.9 Å². The maximum absolute atomic E-state index is 14.7. The van der Waals surface area contributed by atoms with Crippen LogP contribution in [0, 0.1) is 11.6 Å². The predicted molar refractivity (Wildman–Crippen MR) is 134 cm³/mol. The molecule has 0 bridgehead atoms. The van der Waals surface area contributed by atoms with E-state index in [1.165, 1.54) is 23.4 Å². The number of aromatic nitrogens is 3. The molecule has 190 valence electrons. The van der Waals surface area contributed by atoms with E-state index in [2.05, 4.69) is 34.6 Å². The van der Waals surface area contributed by atoms with E-state index in [0.29, 0.717) is 6.61 Å². The van der Waals surface area contributed by atoms with Crippen molar-refractivity contribution in [3.63, 3.8) is 0 Å². The number of nitrogens with zero attached hydrogens (tertiary/aromatic N) is 4. The number of hydrogen-bond donors (Lipinski definition) is 2. The lowest BCUT2D eigenvalue weighted by Crippen LogP contribution is -2.47. The fraction of sp³-hybridized carbons (Fsp3) is 0.333. The zero-order valence-corrected chi connectivity index (χ0v) is 20.4. The molecule has 1 aliphatic heterocycles. The van der Waals surface area contributed by atoms with Crippen molar-refractivity contribution in [2.24, 2.45) is 0 Å². The number of nitrogens with one attached hydrogen (secondary N) is 1. The summed E-state index contributed by atoms with van der Waals surface area (Å²) >= 11 is 0. The minimum absolute atomic E-state index is 0.00608. The number of hydrogen-bond acceptors (Lipinski definition) is 6.